The van der Waals surface area contributed by atoms with E-state index in [0.29, 0.717) is 22.6 Å². The molecule has 1 N–H and O–H groups in total. The number of nitrogens with one attached hydrogen (secondary N) is 1. The maximum atomic E-state index is 12.3. The van der Waals surface area contributed by atoms with Crippen LogP contribution in [0.2, 0.25) is 0 Å². The molecular weight excluding hydrogens is 360 g/mol. The fraction of sp³-hybridized carbons (Fsp3) is 0.238. The second kappa shape index (κ2) is 7.92. The zero-order chi connectivity index (χ0) is 20.3. The van der Waals surface area contributed by atoms with Crippen molar-refractivity contribution < 1.29 is 23.9 Å². The number of anilines is 1. The number of ether oxygens (including phenoxy) is 2. The fourth-order valence-corrected chi connectivity index (χ4v) is 2.79. The van der Waals surface area contributed by atoms with Crippen molar-refractivity contribution in [3.05, 3.63) is 59.2 Å². The van der Waals surface area contributed by atoms with E-state index >= 15 is 0 Å². The smallest absolute Gasteiger partial charge is 0.347 e. The molecule has 0 saturated heterocycles. The number of carbonyl (C=O) groups is 3. The summed E-state index contributed by atoms with van der Waals surface area (Å²) in [5.41, 5.74) is 2.29. The SMILES string of the molecule is C[C@H](Oc1ccc(C#N)cc1)C(=O)OCC(=O)c1ccc2c(c1)[C@H](C)C(=O)N2. The Morgan fingerprint density at radius 2 is 1.93 bits per heavy atom. The fourth-order valence-electron chi connectivity index (χ4n) is 2.79. The molecule has 0 saturated carbocycles. The van der Waals surface area contributed by atoms with Crippen LogP contribution in [0, 0.1) is 11.3 Å². The van der Waals surface area contributed by atoms with Gasteiger partial charge < -0.3 is 14.8 Å². The average molecular weight is 378 g/mol. The van der Waals surface area contributed by atoms with E-state index in [2.05, 4.69) is 5.32 Å². The lowest BCUT2D eigenvalue weighted by Crippen LogP contribution is -2.28. The number of hydrogen-bond donors (Lipinski definition) is 1. The van der Waals surface area contributed by atoms with Crippen molar-refractivity contribution in [2.75, 3.05) is 11.9 Å². The van der Waals surface area contributed by atoms with Gasteiger partial charge in [0.05, 0.1) is 17.6 Å². The topological polar surface area (TPSA) is 105 Å². The van der Waals surface area contributed by atoms with Gasteiger partial charge in [0.2, 0.25) is 5.91 Å². The van der Waals surface area contributed by atoms with Crippen molar-refractivity contribution in [1.82, 2.24) is 0 Å². The molecule has 7 nitrogen and oxygen atoms in total. The Morgan fingerprint density at radius 3 is 2.61 bits per heavy atom. The van der Waals surface area contributed by atoms with Crippen molar-refractivity contribution in [1.29, 1.82) is 5.26 Å². The molecule has 0 radical (unpaired) electrons. The molecule has 3 rings (SSSR count). The first-order chi connectivity index (χ1) is 13.4. The first-order valence-corrected chi connectivity index (χ1v) is 8.70. The van der Waals surface area contributed by atoms with Crippen molar-refractivity contribution in [2.45, 2.75) is 25.9 Å². The number of ketones is 1. The predicted octanol–water partition coefficient (Wildman–Crippen LogP) is 2.81. The van der Waals surface area contributed by atoms with Gasteiger partial charge in [0.15, 0.2) is 18.5 Å². The molecule has 0 aliphatic carbocycles. The highest BCUT2D eigenvalue weighted by atomic mass is 16.6. The van der Waals surface area contributed by atoms with E-state index in [9.17, 15) is 14.4 Å². The highest BCUT2D eigenvalue weighted by Crippen LogP contribution is 2.32. The van der Waals surface area contributed by atoms with Gasteiger partial charge in [0.1, 0.15) is 5.75 Å². The minimum atomic E-state index is -0.914. The largest absolute Gasteiger partial charge is 0.479 e. The molecule has 1 amide bonds. The molecule has 1 aliphatic heterocycles. The van der Waals surface area contributed by atoms with E-state index < -0.39 is 18.7 Å². The maximum Gasteiger partial charge on any atom is 0.347 e. The van der Waals surface area contributed by atoms with Crippen LogP contribution in [0.4, 0.5) is 5.69 Å². The lowest BCUT2D eigenvalue weighted by molar-refractivity contribution is -0.149. The number of fused-ring (bicyclic) bond motifs is 1. The van der Waals surface area contributed by atoms with E-state index in [1.807, 2.05) is 6.07 Å². The van der Waals surface area contributed by atoms with Crippen molar-refractivity contribution >= 4 is 23.3 Å². The number of carbonyl (C=O) groups excluding carboxylic acids is 3. The molecule has 0 spiro atoms. The average Bonchev–Trinajstić information content (AvgIpc) is 2.99. The molecule has 1 heterocycles. The number of amides is 1. The third kappa shape index (κ3) is 4.01. The first-order valence-electron chi connectivity index (χ1n) is 8.70. The summed E-state index contributed by atoms with van der Waals surface area (Å²) in [5.74, 6) is -1.07. The third-order valence-corrected chi connectivity index (χ3v) is 4.46. The quantitative estimate of drug-likeness (QED) is 0.612. The summed E-state index contributed by atoms with van der Waals surface area (Å²) in [5, 5.41) is 11.5. The molecule has 28 heavy (non-hydrogen) atoms. The number of nitrogens with zero attached hydrogens (tertiary/aromatic N) is 1. The standard InChI is InChI=1S/C21H18N2O5/c1-12-17-9-15(5-8-18(17)23-20(12)25)19(24)11-27-21(26)13(2)28-16-6-3-14(10-22)4-7-16/h3-9,12-13H,11H2,1-2H3,(H,23,25)/t12-,13-/m0/s1. The van der Waals surface area contributed by atoms with Crippen LogP contribution in [-0.2, 0) is 14.3 Å². The highest BCUT2D eigenvalue weighted by Gasteiger charge is 2.27. The Bertz CT molecular complexity index is 975. The Kier molecular flexibility index (Phi) is 5.41. The second-order valence-electron chi connectivity index (χ2n) is 6.44. The van der Waals surface area contributed by atoms with E-state index in [1.54, 1.807) is 49.4 Å². The predicted molar refractivity (Wildman–Crippen MR) is 100 cm³/mol. The van der Waals surface area contributed by atoms with Crippen LogP contribution in [0.3, 0.4) is 0 Å². The van der Waals surface area contributed by atoms with Crippen molar-refractivity contribution in [2.24, 2.45) is 0 Å². The summed E-state index contributed by atoms with van der Waals surface area (Å²) in [7, 11) is 0. The minimum Gasteiger partial charge on any atom is -0.479 e. The van der Waals surface area contributed by atoms with Crippen LogP contribution < -0.4 is 10.1 Å². The molecule has 142 valence electrons. The van der Waals surface area contributed by atoms with Crippen LogP contribution in [-0.4, -0.2) is 30.4 Å². The molecular formula is C21H18N2O5. The number of benzene rings is 2. The zero-order valence-electron chi connectivity index (χ0n) is 15.4. The highest BCUT2D eigenvalue weighted by molar-refractivity contribution is 6.05. The van der Waals surface area contributed by atoms with Crippen LogP contribution in [0.1, 0.15) is 41.3 Å². The van der Waals surface area contributed by atoms with Crippen molar-refractivity contribution in [3.8, 4) is 11.8 Å². The van der Waals surface area contributed by atoms with Gasteiger partial charge in [-0.05, 0) is 61.9 Å². The molecule has 1 aliphatic rings. The lowest BCUT2D eigenvalue weighted by Gasteiger charge is -2.14. The Hall–Kier alpha value is -3.66. The summed E-state index contributed by atoms with van der Waals surface area (Å²) in [6.07, 6.45) is -0.914. The summed E-state index contributed by atoms with van der Waals surface area (Å²) in [6.45, 7) is 2.85. The Balaban J connectivity index is 1.56. The number of rotatable bonds is 6. The van der Waals surface area contributed by atoms with Crippen LogP contribution in [0.15, 0.2) is 42.5 Å². The molecule has 0 fully saturated rings. The normalized spacial score (nSPS) is 15.8. The third-order valence-electron chi connectivity index (χ3n) is 4.46. The molecule has 2 aromatic rings. The van der Waals surface area contributed by atoms with E-state index in [-0.39, 0.29) is 17.6 Å². The summed E-state index contributed by atoms with van der Waals surface area (Å²) in [4.78, 5) is 36.1. The van der Waals surface area contributed by atoms with Crippen LogP contribution >= 0.6 is 0 Å². The molecule has 0 aromatic heterocycles. The van der Waals surface area contributed by atoms with Gasteiger partial charge in [-0.3, -0.25) is 9.59 Å². The molecule has 0 unspecified atom stereocenters. The Morgan fingerprint density at radius 1 is 1.21 bits per heavy atom. The number of nitriles is 1. The lowest BCUT2D eigenvalue weighted by atomic mass is 9.99. The van der Waals surface area contributed by atoms with Gasteiger partial charge >= 0.3 is 5.97 Å². The van der Waals surface area contributed by atoms with Gasteiger partial charge in [-0.15, -0.1) is 0 Å². The van der Waals surface area contributed by atoms with E-state index in [1.165, 1.54) is 6.92 Å². The monoisotopic (exact) mass is 378 g/mol. The second-order valence-corrected chi connectivity index (χ2v) is 6.44. The van der Waals surface area contributed by atoms with Gasteiger partial charge in [0.25, 0.3) is 0 Å². The van der Waals surface area contributed by atoms with E-state index in [0.717, 1.165) is 5.56 Å². The van der Waals surface area contributed by atoms with Gasteiger partial charge in [-0.1, -0.05) is 0 Å². The maximum absolute atomic E-state index is 12.3. The molecule has 2 aromatic carbocycles. The number of Topliss-reactive ketones (excluding diaryl/α,β-unsaturated/α-hetero) is 1. The summed E-state index contributed by atoms with van der Waals surface area (Å²) >= 11 is 0. The molecule has 0 bridgehead atoms. The van der Waals surface area contributed by atoms with Gasteiger partial charge in [-0.25, -0.2) is 4.79 Å². The molecule has 7 heteroatoms. The zero-order valence-corrected chi connectivity index (χ0v) is 15.4. The first kappa shape index (κ1) is 19.1. The van der Waals surface area contributed by atoms with Crippen molar-refractivity contribution in [3.63, 3.8) is 0 Å². The van der Waals surface area contributed by atoms with Crippen LogP contribution in [0.25, 0.3) is 0 Å². The van der Waals surface area contributed by atoms with Gasteiger partial charge in [0, 0.05) is 11.3 Å². The minimum absolute atomic E-state index is 0.111. The molecule has 2 atom stereocenters. The summed E-state index contributed by atoms with van der Waals surface area (Å²) in [6, 6.07) is 13.2. The van der Waals surface area contributed by atoms with Gasteiger partial charge in [-0.2, -0.15) is 5.26 Å². The summed E-state index contributed by atoms with van der Waals surface area (Å²) < 4.78 is 10.5. The van der Waals surface area contributed by atoms with Crippen LogP contribution in [0.5, 0.6) is 5.75 Å². The number of hydrogen-bond acceptors (Lipinski definition) is 6. The number of esters is 1. The Labute approximate surface area is 161 Å². The van der Waals surface area contributed by atoms with E-state index in [4.69, 9.17) is 14.7 Å².